The lowest BCUT2D eigenvalue weighted by Crippen LogP contribution is -2.30. The lowest BCUT2D eigenvalue weighted by molar-refractivity contribution is -0.122. The summed E-state index contributed by atoms with van der Waals surface area (Å²) >= 11 is 18.1. The summed E-state index contributed by atoms with van der Waals surface area (Å²) in [4.78, 5) is 24.7. The van der Waals surface area contributed by atoms with E-state index in [0.29, 0.717) is 22.0 Å². The van der Waals surface area contributed by atoms with E-state index in [4.69, 9.17) is 39.5 Å². The van der Waals surface area contributed by atoms with E-state index in [1.807, 2.05) is 18.2 Å². The highest BCUT2D eigenvalue weighted by Gasteiger charge is 2.16. The summed E-state index contributed by atoms with van der Waals surface area (Å²) < 4.78 is 5.65. The molecule has 0 heterocycles. The predicted molar refractivity (Wildman–Crippen MR) is 121 cm³/mol. The molecule has 30 heavy (non-hydrogen) atoms. The van der Waals surface area contributed by atoms with Gasteiger partial charge in [0.15, 0.2) is 6.10 Å². The van der Waals surface area contributed by atoms with Crippen LogP contribution in [0.4, 0.5) is 11.4 Å². The third kappa shape index (κ3) is 5.66. The molecule has 0 saturated heterocycles. The van der Waals surface area contributed by atoms with Gasteiger partial charge in [-0.15, -0.1) is 0 Å². The van der Waals surface area contributed by atoms with E-state index in [2.05, 4.69) is 10.6 Å². The Hall–Kier alpha value is -2.73. The molecule has 3 rings (SSSR count). The van der Waals surface area contributed by atoms with Gasteiger partial charge in [-0.2, -0.15) is 0 Å². The van der Waals surface area contributed by atoms with Crippen LogP contribution in [0.15, 0.2) is 66.7 Å². The van der Waals surface area contributed by atoms with Crippen molar-refractivity contribution in [3.05, 3.63) is 87.4 Å². The highest BCUT2D eigenvalue weighted by atomic mass is 35.5. The van der Waals surface area contributed by atoms with E-state index < -0.39 is 12.0 Å². The molecule has 2 N–H and O–H groups in total. The second-order valence-electron chi connectivity index (χ2n) is 6.34. The molecule has 0 aliphatic rings. The Morgan fingerprint density at radius 2 is 1.47 bits per heavy atom. The number of nitrogens with one attached hydrogen (secondary N) is 2. The number of para-hydroxylation sites is 1. The molecular weight excluding hydrogens is 447 g/mol. The quantitative estimate of drug-likeness (QED) is 0.450. The molecule has 0 aliphatic heterocycles. The van der Waals surface area contributed by atoms with E-state index in [1.165, 1.54) is 12.1 Å². The third-order valence-electron chi connectivity index (χ3n) is 4.09. The van der Waals surface area contributed by atoms with Gasteiger partial charge in [0, 0.05) is 16.3 Å². The smallest absolute Gasteiger partial charge is 0.265 e. The van der Waals surface area contributed by atoms with Gasteiger partial charge < -0.3 is 15.4 Å². The van der Waals surface area contributed by atoms with E-state index in [0.717, 1.165) is 0 Å². The minimum absolute atomic E-state index is 0.235. The number of benzene rings is 3. The lowest BCUT2D eigenvalue weighted by atomic mass is 10.2. The van der Waals surface area contributed by atoms with Crippen LogP contribution in [0, 0.1) is 0 Å². The molecular formula is C22H17Cl3N2O3. The van der Waals surface area contributed by atoms with Crippen LogP contribution in [-0.2, 0) is 4.79 Å². The molecule has 1 atom stereocenters. The summed E-state index contributed by atoms with van der Waals surface area (Å²) in [5.74, 6) is -0.234. The zero-order chi connectivity index (χ0) is 21.7. The number of carbonyl (C=O) groups is 2. The minimum Gasteiger partial charge on any atom is -0.481 e. The Morgan fingerprint density at radius 3 is 2.07 bits per heavy atom. The van der Waals surface area contributed by atoms with Gasteiger partial charge in [-0.3, -0.25) is 9.59 Å². The molecule has 0 fully saturated rings. The fourth-order valence-electron chi connectivity index (χ4n) is 2.56. The highest BCUT2D eigenvalue weighted by molar-refractivity contribution is 6.42. The molecule has 154 valence electrons. The molecule has 0 aromatic heterocycles. The molecule has 3 aromatic carbocycles. The first-order valence-electron chi connectivity index (χ1n) is 8.92. The van der Waals surface area contributed by atoms with Crippen molar-refractivity contribution < 1.29 is 14.3 Å². The van der Waals surface area contributed by atoms with E-state index in [1.54, 1.807) is 43.3 Å². The van der Waals surface area contributed by atoms with Crippen molar-refractivity contribution in [2.75, 3.05) is 10.6 Å². The molecule has 0 saturated carbocycles. The number of hydrogen-bond donors (Lipinski definition) is 2. The van der Waals surface area contributed by atoms with Crippen LogP contribution in [0.25, 0.3) is 0 Å². The Kier molecular flexibility index (Phi) is 7.21. The van der Waals surface area contributed by atoms with Crippen LogP contribution in [-0.4, -0.2) is 17.9 Å². The Balaban J connectivity index is 1.62. The summed E-state index contributed by atoms with van der Waals surface area (Å²) in [6.45, 7) is 1.64. The van der Waals surface area contributed by atoms with Gasteiger partial charge in [-0.25, -0.2) is 0 Å². The lowest BCUT2D eigenvalue weighted by Gasteiger charge is -2.15. The van der Waals surface area contributed by atoms with Gasteiger partial charge >= 0.3 is 0 Å². The van der Waals surface area contributed by atoms with Crippen molar-refractivity contribution in [3.63, 3.8) is 0 Å². The van der Waals surface area contributed by atoms with Gasteiger partial charge in [0.05, 0.1) is 15.7 Å². The van der Waals surface area contributed by atoms with Crippen LogP contribution >= 0.6 is 34.8 Å². The maximum atomic E-state index is 12.5. The van der Waals surface area contributed by atoms with Gasteiger partial charge in [0.2, 0.25) is 0 Å². The van der Waals surface area contributed by atoms with Crippen LogP contribution < -0.4 is 15.4 Å². The summed E-state index contributed by atoms with van der Waals surface area (Å²) in [5, 5.41) is 6.27. The molecule has 5 nitrogen and oxygen atoms in total. The first-order valence-corrected chi connectivity index (χ1v) is 10.1. The van der Waals surface area contributed by atoms with Gasteiger partial charge in [0.1, 0.15) is 5.75 Å². The van der Waals surface area contributed by atoms with Gasteiger partial charge in [-0.1, -0.05) is 53.0 Å². The zero-order valence-electron chi connectivity index (χ0n) is 15.8. The second-order valence-corrected chi connectivity index (χ2v) is 7.59. The number of rotatable bonds is 6. The van der Waals surface area contributed by atoms with Crippen molar-refractivity contribution in [1.82, 2.24) is 0 Å². The maximum absolute atomic E-state index is 12.5. The molecule has 3 aromatic rings. The van der Waals surface area contributed by atoms with E-state index in [9.17, 15) is 9.59 Å². The maximum Gasteiger partial charge on any atom is 0.265 e. The number of ether oxygens (including phenoxy) is 1. The summed E-state index contributed by atoms with van der Waals surface area (Å²) in [6, 6.07) is 18.4. The average molecular weight is 464 g/mol. The van der Waals surface area contributed by atoms with Crippen molar-refractivity contribution >= 4 is 58.0 Å². The van der Waals surface area contributed by atoms with Crippen molar-refractivity contribution in [2.24, 2.45) is 0 Å². The van der Waals surface area contributed by atoms with Crippen molar-refractivity contribution in [3.8, 4) is 5.75 Å². The van der Waals surface area contributed by atoms with Crippen molar-refractivity contribution in [1.29, 1.82) is 0 Å². The first-order chi connectivity index (χ1) is 14.3. The normalized spacial score (nSPS) is 11.5. The van der Waals surface area contributed by atoms with E-state index in [-0.39, 0.29) is 21.6 Å². The Bertz CT molecular complexity index is 1030. The fraction of sp³-hybridized carbons (Fsp3) is 0.0909. The molecule has 8 heteroatoms. The molecule has 0 aliphatic carbocycles. The fourth-order valence-corrected chi connectivity index (χ4v) is 3.47. The van der Waals surface area contributed by atoms with Crippen LogP contribution in [0.5, 0.6) is 5.75 Å². The average Bonchev–Trinajstić information content (AvgIpc) is 2.71. The van der Waals surface area contributed by atoms with Gasteiger partial charge in [0.25, 0.3) is 11.8 Å². The van der Waals surface area contributed by atoms with E-state index >= 15 is 0 Å². The van der Waals surface area contributed by atoms with Gasteiger partial charge in [-0.05, 0) is 55.5 Å². The SMILES string of the molecule is CC(Oc1ccc(C(=O)Nc2c(Cl)cc(Cl)cc2Cl)cc1)C(=O)Nc1ccccc1. The number of carbonyl (C=O) groups excluding carboxylic acids is 2. The number of amides is 2. The summed E-state index contributed by atoms with van der Waals surface area (Å²) in [6.07, 6.45) is -0.725. The monoisotopic (exact) mass is 462 g/mol. The van der Waals surface area contributed by atoms with Crippen molar-refractivity contribution in [2.45, 2.75) is 13.0 Å². The molecule has 0 radical (unpaired) electrons. The van der Waals surface area contributed by atoms with Crippen LogP contribution in [0.2, 0.25) is 15.1 Å². The molecule has 0 bridgehead atoms. The number of hydrogen-bond acceptors (Lipinski definition) is 3. The topological polar surface area (TPSA) is 67.4 Å². The zero-order valence-corrected chi connectivity index (χ0v) is 18.1. The molecule has 2 amide bonds. The highest BCUT2D eigenvalue weighted by Crippen LogP contribution is 2.34. The first kappa shape index (κ1) is 22.0. The minimum atomic E-state index is -0.725. The summed E-state index contributed by atoms with van der Waals surface area (Å²) in [7, 11) is 0. The Morgan fingerprint density at radius 1 is 0.867 bits per heavy atom. The standard InChI is InChI=1S/C22H17Cl3N2O3/c1-13(21(28)26-16-5-3-2-4-6-16)30-17-9-7-14(8-10-17)22(29)27-20-18(24)11-15(23)12-19(20)25/h2-13H,1H3,(H,26,28)(H,27,29). The third-order valence-corrected chi connectivity index (χ3v) is 4.90. The Labute approximate surface area is 188 Å². The number of anilines is 2. The number of halogens is 3. The van der Waals surface area contributed by atoms with Crippen LogP contribution in [0.1, 0.15) is 17.3 Å². The largest absolute Gasteiger partial charge is 0.481 e. The second kappa shape index (κ2) is 9.85. The summed E-state index contributed by atoms with van der Waals surface area (Å²) in [5.41, 5.74) is 1.33. The molecule has 0 spiro atoms. The molecule has 1 unspecified atom stereocenters. The predicted octanol–water partition coefficient (Wildman–Crippen LogP) is 6.31. The van der Waals surface area contributed by atoms with Crippen LogP contribution in [0.3, 0.4) is 0 Å².